The van der Waals surface area contributed by atoms with E-state index < -0.39 is 82.2 Å². The van der Waals surface area contributed by atoms with Crippen LogP contribution in [0.5, 0.6) is 0 Å². The molecule has 5 atom stereocenters. The molecule has 0 fully saturated rings. The molecular formula is C28H50O13S. The van der Waals surface area contributed by atoms with E-state index in [1.807, 2.05) is 6.92 Å². The fourth-order valence-corrected chi connectivity index (χ4v) is 7.12. The lowest BCUT2D eigenvalue weighted by molar-refractivity contribution is -0.166. The van der Waals surface area contributed by atoms with Crippen molar-refractivity contribution in [2.45, 2.75) is 108 Å². The van der Waals surface area contributed by atoms with E-state index in [2.05, 4.69) is 0 Å². The third-order valence-electron chi connectivity index (χ3n) is 8.05. The molecule has 0 aromatic heterocycles. The molecule has 246 valence electrons. The number of hydrogen-bond acceptors (Lipinski definition) is 9. The molecule has 8 N–H and O–H groups in total. The Hall–Kier alpha value is -2.10. The molecule has 0 aromatic rings. The third-order valence-corrected chi connectivity index (χ3v) is 9.68. The van der Waals surface area contributed by atoms with Crippen molar-refractivity contribution in [3.8, 4) is 0 Å². The molecule has 0 aromatic carbocycles. The van der Waals surface area contributed by atoms with Crippen LogP contribution in [0.25, 0.3) is 0 Å². The molecule has 0 aliphatic rings. The number of allylic oxidation sites excluding steroid dienone is 1. The van der Waals surface area contributed by atoms with Gasteiger partial charge in [0.2, 0.25) is 4.75 Å². The van der Waals surface area contributed by atoms with Gasteiger partial charge in [-0.2, -0.15) is 8.42 Å². The van der Waals surface area contributed by atoms with Crippen molar-refractivity contribution in [1.82, 2.24) is 0 Å². The van der Waals surface area contributed by atoms with Crippen LogP contribution in [-0.4, -0.2) is 97.3 Å². The summed E-state index contributed by atoms with van der Waals surface area (Å²) in [4.78, 5) is 36.8. The maximum atomic E-state index is 12.9. The molecule has 0 saturated heterocycles. The molecule has 0 amide bonds. The van der Waals surface area contributed by atoms with E-state index in [0.717, 1.165) is 19.3 Å². The first-order valence-corrected chi connectivity index (χ1v) is 16.0. The van der Waals surface area contributed by atoms with E-state index in [0.29, 0.717) is 38.5 Å². The second-order valence-corrected chi connectivity index (χ2v) is 12.4. The van der Waals surface area contributed by atoms with Gasteiger partial charge < -0.3 is 35.7 Å². The number of hydrogen-bond donors (Lipinski definition) is 8. The molecule has 14 heteroatoms. The van der Waals surface area contributed by atoms with Crippen molar-refractivity contribution in [2.75, 3.05) is 19.8 Å². The minimum atomic E-state index is -5.70. The van der Waals surface area contributed by atoms with E-state index in [4.69, 9.17) is 5.11 Å². The molecule has 42 heavy (non-hydrogen) atoms. The highest BCUT2D eigenvalue weighted by Crippen LogP contribution is 2.51. The summed E-state index contributed by atoms with van der Waals surface area (Å²) >= 11 is 0. The molecule has 0 radical (unpaired) electrons. The first-order valence-electron chi connectivity index (χ1n) is 14.6. The predicted octanol–water partition coefficient (Wildman–Crippen LogP) is 2.46. The van der Waals surface area contributed by atoms with Crippen LogP contribution in [0.15, 0.2) is 12.2 Å². The van der Waals surface area contributed by atoms with Crippen LogP contribution < -0.4 is 0 Å². The van der Waals surface area contributed by atoms with Crippen LogP contribution in [-0.2, 0) is 24.5 Å². The average Bonchev–Trinajstić information content (AvgIpc) is 2.90. The SMILES string of the molecule is CCCCCC[C@H](O)/C=C/[C@H](CCCCCC[C@H](CCO)C(=O)O)[C@](CCO)(C(=O)O)[C@@](CCO)(C(=O)O)S(=O)(=O)O. The number of carboxylic acid groups (broad SMARTS) is 3. The Morgan fingerprint density at radius 3 is 1.71 bits per heavy atom. The Kier molecular flexibility index (Phi) is 19.0. The second kappa shape index (κ2) is 20.0. The van der Waals surface area contributed by atoms with Crippen molar-refractivity contribution >= 4 is 28.0 Å². The number of aliphatic carboxylic acids is 3. The molecule has 0 unspecified atom stereocenters. The number of aliphatic hydroxyl groups is 4. The van der Waals surface area contributed by atoms with Gasteiger partial charge in [0.1, 0.15) is 5.41 Å². The van der Waals surface area contributed by atoms with Crippen LogP contribution in [0.4, 0.5) is 0 Å². The standard InChI is InChI=1S/C28H50O13S/c1-2-3-4-9-12-23(32)14-13-22(11-8-6-5-7-10-21(15-18-29)24(33)34)27(16-19-30,25(35)36)28(17-20-31,26(37)38)42(39,40)41/h13-14,21-23,29-32H,2-12,15-20H2,1H3,(H,33,34)(H,35,36)(H,37,38)(H,39,40,41)/b14-13+/t21-,22+,23+,27-,28-/m1/s1. The number of rotatable bonds is 26. The first kappa shape index (κ1) is 39.9. The van der Waals surface area contributed by atoms with Gasteiger partial charge in [0, 0.05) is 26.2 Å². The van der Waals surface area contributed by atoms with Gasteiger partial charge >= 0.3 is 17.9 Å². The minimum absolute atomic E-state index is 0.100. The fourth-order valence-electron chi connectivity index (χ4n) is 5.75. The molecule has 0 bridgehead atoms. The summed E-state index contributed by atoms with van der Waals surface area (Å²) < 4.78 is 32.2. The van der Waals surface area contributed by atoms with E-state index in [1.165, 1.54) is 12.2 Å². The molecule has 0 heterocycles. The Morgan fingerprint density at radius 1 is 0.714 bits per heavy atom. The molecule has 13 nitrogen and oxygen atoms in total. The van der Waals surface area contributed by atoms with Crippen LogP contribution in [0.2, 0.25) is 0 Å². The molecular weight excluding hydrogens is 576 g/mol. The minimum Gasteiger partial charge on any atom is -0.481 e. The Morgan fingerprint density at radius 2 is 1.26 bits per heavy atom. The average molecular weight is 627 g/mol. The normalized spacial score (nSPS) is 17.3. The predicted molar refractivity (Wildman–Crippen MR) is 153 cm³/mol. The molecule has 0 saturated carbocycles. The van der Waals surface area contributed by atoms with Gasteiger partial charge in [-0.3, -0.25) is 18.9 Å². The smallest absolute Gasteiger partial charge is 0.328 e. The van der Waals surface area contributed by atoms with E-state index >= 15 is 0 Å². The number of carbonyl (C=O) groups is 3. The summed E-state index contributed by atoms with van der Waals surface area (Å²) in [5, 5.41) is 68.9. The monoisotopic (exact) mass is 626 g/mol. The lowest BCUT2D eigenvalue weighted by atomic mass is 9.61. The van der Waals surface area contributed by atoms with Crippen molar-refractivity contribution < 1.29 is 63.1 Å². The topological polar surface area (TPSA) is 247 Å². The Balaban J connectivity index is 6.47. The van der Waals surface area contributed by atoms with Crippen molar-refractivity contribution in [2.24, 2.45) is 17.3 Å². The first-order chi connectivity index (χ1) is 19.7. The zero-order valence-electron chi connectivity index (χ0n) is 24.4. The van der Waals surface area contributed by atoms with E-state index in [1.54, 1.807) is 0 Å². The van der Waals surface area contributed by atoms with Crippen molar-refractivity contribution in [3.63, 3.8) is 0 Å². The summed E-state index contributed by atoms with van der Waals surface area (Å²) in [7, 11) is -5.70. The summed E-state index contributed by atoms with van der Waals surface area (Å²) in [5.74, 6) is -7.28. The zero-order chi connectivity index (χ0) is 32.4. The van der Waals surface area contributed by atoms with Crippen LogP contribution in [0.3, 0.4) is 0 Å². The van der Waals surface area contributed by atoms with Crippen molar-refractivity contribution in [3.05, 3.63) is 12.2 Å². The highest BCUT2D eigenvalue weighted by Gasteiger charge is 2.70. The van der Waals surface area contributed by atoms with Crippen molar-refractivity contribution in [1.29, 1.82) is 0 Å². The molecule has 0 spiro atoms. The lowest BCUT2D eigenvalue weighted by Crippen LogP contribution is -2.66. The summed E-state index contributed by atoms with van der Waals surface area (Å²) in [5.41, 5.74) is -2.84. The highest BCUT2D eigenvalue weighted by atomic mass is 32.2. The van der Waals surface area contributed by atoms with E-state index in [9.17, 15) is 58.0 Å². The summed E-state index contributed by atoms with van der Waals surface area (Å²) in [6.45, 7) is -0.302. The van der Waals surface area contributed by atoms with Gasteiger partial charge in [-0.15, -0.1) is 0 Å². The summed E-state index contributed by atoms with van der Waals surface area (Å²) in [6, 6.07) is 0. The van der Waals surface area contributed by atoms with Crippen LogP contribution in [0.1, 0.15) is 96.8 Å². The molecule has 0 aliphatic heterocycles. The fraction of sp³-hybridized carbons (Fsp3) is 0.821. The van der Waals surface area contributed by atoms with Gasteiger partial charge in [-0.25, -0.2) is 0 Å². The molecule has 0 rings (SSSR count). The van der Waals surface area contributed by atoms with Crippen LogP contribution >= 0.6 is 0 Å². The number of aliphatic hydroxyl groups excluding tert-OH is 4. The number of carboxylic acids is 3. The second-order valence-electron chi connectivity index (χ2n) is 10.8. The highest BCUT2D eigenvalue weighted by molar-refractivity contribution is 7.88. The summed E-state index contributed by atoms with van der Waals surface area (Å²) in [6.07, 6.45) is 5.06. The van der Waals surface area contributed by atoms with E-state index in [-0.39, 0.29) is 25.9 Å². The zero-order valence-corrected chi connectivity index (χ0v) is 25.3. The van der Waals surface area contributed by atoms with Gasteiger partial charge in [0.15, 0.2) is 0 Å². The Bertz CT molecular complexity index is 951. The van der Waals surface area contributed by atoms with Gasteiger partial charge in [0.05, 0.1) is 12.0 Å². The van der Waals surface area contributed by atoms with Gasteiger partial charge in [0.25, 0.3) is 10.1 Å². The largest absolute Gasteiger partial charge is 0.481 e. The maximum Gasteiger partial charge on any atom is 0.328 e. The van der Waals surface area contributed by atoms with Gasteiger partial charge in [-0.1, -0.05) is 70.4 Å². The quantitative estimate of drug-likeness (QED) is 0.0391. The van der Waals surface area contributed by atoms with Gasteiger partial charge in [-0.05, 0) is 38.0 Å². The Labute approximate surface area is 248 Å². The maximum absolute atomic E-state index is 12.9. The third kappa shape index (κ3) is 10.9. The van der Waals surface area contributed by atoms with Crippen LogP contribution in [0, 0.1) is 17.3 Å². The lowest BCUT2D eigenvalue weighted by Gasteiger charge is -2.46. The molecule has 0 aliphatic carbocycles. The number of unbranched alkanes of at least 4 members (excludes halogenated alkanes) is 6.